The number of fused-ring (bicyclic) bond motifs is 4. The third kappa shape index (κ3) is 5.65. The van der Waals surface area contributed by atoms with Crippen LogP contribution in [0.2, 0.25) is 0 Å². The van der Waals surface area contributed by atoms with E-state index < -0.39 is 5.97 Å². The van der Waals surface area contributed by atoms with Crippen LogP contribution in [-0.2, 0) is 30.7 Å². The second-order valence-corrected chi connectivity index (χ2v) is 12.4. The topological polar surface area (TPSA) is 83.3 Å². The van der Waals surface area contributed by atoms with Gasteiger partial charge in [0.05, 0.1) is 11.9 Å². The Morgan fingerprint density at radius 2 is 1.83 bits per heavy atom. The summed E-state index contributed by atoms with van der Waals surface area (Å²) >= 11 is 1.76. The minimum absolute atomic E-state index is 0.0147. The quantitative estimate of drug-likeness (QED) is 0.232. The zero-order valence-electron chi connectivity index (χ0n) is 23.4. The first kappa shape index (κ1) is 26.7. The van der Waals surface area contributed by atoms with Gasteiger partial charge in [-0.15, -0.1) is 5.10 Å². The van der Waals surface area contributed by atoms with Crippen LogP contribution in [0, 0.1) is 0 Å². The van der Waals surface area contributed by atoms with Gasteiger partial charge in [-0.25, -0.2) is 8.99 Å². The van der Waals surface area contributed by atoms with E-state index in [9.17, 15) is 9.90 Å². The van der Waals surface area contributed by atoms with E-state index in [0.717, 1.165) is 72.5 Å². The predicted molar refractivity (Wildman–Crippen MR) is 167 cm³/mol. The number of anilines is 1. The molecule has 1 aromatic heterocycles. The molecule has 4 aromatic carbocycles. The number of carboxylic acid groups (broad SMARTS) is 1. The zero-order valence-corrected chi connectivity index (χ0v) is 24.2. The lowest BCUT2D eigenvalue weighted by molar-refractivity contribution is -0.137. The molecule has 3 aliphatic heterocycles. The van der Waals surface area contributed by atoms with Crippen LogP contribution in [0.25, 0.3) is 11.0 Å². The van der Waals surface area contributed by atoms with Crippen LogP contribution >= 0.6 is 11.9 Å². The summed E-state index contributed by atoms with van der Waals surface area (Å²) in [6.07, 6.45) is 2.81. The lowest BCUT2D eigenvalue weighted by Gasteiger charge is -2.28. The molecule has 212 valence electrons. The molecule has 0 saturated carbocycles. The van der Waals surface area contributed by atoms with E-state index in [4.69, 9.17) is 0 Å². The first-order valence-corrected chi connectivity index (χ1v) is 15.4. The van der Waals surface area contributed by atoms with Gasteiger partial charge in [-0.2, -0.15) is 0 Å². The predicted octanol–water partition coefficient (Wildman–Crippen LogP) is 6.51. The highest BCUT2D eigenvalue weighted by molar-refractivity contribution is 7.97. The maximum atomic E-state index is 12.0. The average Bonchev–Trinajstić information content (AvgIpc) is 3.40. The van der Waals surface area contributed by atoms with Crippen molar-refractivity contribution in [2.24, 2.45) is 0 Å². The van der Waals surface area contributed by atoms with Gasteiger partial charge >= 0.3 is 5.97 Å². The molecule has 2 atom stereocenters. The van der Waals surface area contributed by atoms with Gasteiger partial charge in [0, 0.05) is 42.7 Å². The number of aryl methyl sites for hydroxylation is 1. The number of aliphatic carboxylic acids is 1. The summed E-state index contributed by atoms with van der Waals surface area (Å²) in [5, 5.41) is 22.4. The second-order valence-electron chi connectivity index (χ2n) is 11.2. The van der Waals surface area contributed by atoms with Crippen LogP contribution in [0.4, 0.5) is 5.69 Å². The Kier molecular flexibility index (Phi) is 7.40. The number of carbonyl (C=O) groups is 1. The molecule has 0 amide bonds. The number of nitrogens with zero attached hydrogens (tertiary/aromatic N) is 4. The molecule has 8 rings (SSSR count). The van der Waals surface area contributed by atoms with Gasteiger partial charge in [-0.05, 0) is 94.9 Å². The molecule has 0 aliphatic carbocycles. The van der Waals surface area contributed by atoms with Gasteiger partial charge in [-0.1, -0.05) is 59.8 Å². The van der Waals surface area contributed by atoms with E-state index in [-0.39, 0.29) is 12.3 Å². The maximum absolute atomic E-state index is 12.0. The summed E-state index contributed by atoms with van der Waals surface area (Å²) in [5.74, 6) is -1.09. The number of para-hydroxylation sites is 1. The highest BCUT2D eigenvalue weighted by Gasteiger charge is 2.22. The van der Waals surface area contributed by atoms with Crippen molar-refractivity contribution in [3.05, 3.63) is 118 Å². The van der Waals surface area contributed by atoms with Crippen molar-refractivity contribution in [3.63, 3.8) is 0 Å². The summed E-state index contributed by atoms with van der Waals surface area (Å²) in [6, 6.07) is 30.0. The number of hydrogen-bond donors (Lipinski definition) is 2. The van der Waals surface area contributed by atoms with Gasteiger partial charge in [0.25, 0.3) is 0 Å². The van der Waals surface area contributed by atoms with Crippen molar-refractivity contribution in [1.29, 1.82) is 0 Å². The SMILES string of the molecule is O=C(O)CC1c2cccc(c2)SN2CCc3ccc(cc3C2)Cc2ccccc2NCCCn2nnc3cc1ccc32. The fraction of sp³-hybridized carbons (Fsp3) is 0.265. The minimum Gasteiger partial charge on any atom is -0.481 e. The number of nitrogens with one attached hydrogen (secondary N) is 1. The highest BCUT2D eigenvalue weighted by Crippen LogP contribution is 2.35. The molecule has 0 radical (unpaired) electrons. The molecule has 0 fully saturated rings. The van der Waals surface area contributed by atoms with Crippen LogP contribution in [0.15, 0.2) is 89.8 Å². The van der Waals surface area contributed by atoms with Crippen molar-refractivity contribution in [2.45, 2.75) is 49.6 Å². The maximum Gasteiger partial charge on any atom is 0.304 e. The monoisotopic (exact) mass is 575 g/mol. The van der Waals surface area contributed by atoms with Crippen LogP contribution in [0.3, 0.4) is 0 Å². The first-order chi connectivity index (χ1) is 20.6. The molecular weight excluding hydrogens is 542 g/mol. The fourth-order valence-corrected chi connectivity index (χ4v) is 7.21. The average molecular weight is 576 g/mol. The highest BCUT2D eigenvalue weighted by atomic mass is 32.2. The number of hydrogen-bond acceptors (Lipinski definition) is 6. The summed E-state index contributed by atoms with van der Waals surface area (Å²) < 4.78 is 4.36. The normalized spacial score (nSPS) is 18.7. The van der Waals surface area contributed by atoms with Crippen molar-refractivity contribution in [2.75, 3.05) is 18.4 Å². The van der Waals surface area contributed by atoms with Gasteiger partial charge in [0.1, 0.15) is 5.52 Å². The number of carboxylic acids is 1. The molecule has 8 heteroatoms. The van der Waals surface area contributed by atoms with Crippen LogP contribution < -0.4 is 5.32 Å². The van der Waals surface area contributed by atoms with Crippen LogP contribution in [0.1, 0.15) is 52.1 Å². The van der Waals surface area contributed by atoms with E-state index in [1.807, 2.05) is 35.0 Å². The Morgan fingerprint density at radius 1 is 0.929 bits per heavy atom. The molecule has 7 nitrogen and oxygen atoms in total. The Hall–Kier alpha value is -4.14. The van der Waals surface area contributed by atoms with Gasteiger partial charge in [0.2, 0.25) is 0 Å². The lowest BCUT2D eigenvalue weighted by Crippen LogP contribution is -2.24. The standard InChI is InChI=1S/C34H33N5O2S/c40-34(41)21-30-25-6-3-7-29(19-25)42-38-16-13-24-10-9-23(18-28(24)22-38)17-27-5-1-2-8-31(27)35-14-4-15-39-33-12-11-26(30)20-32(33)36-37-39/h1-3,5-12,18-20,30,35H,4,13-17,21-22H2,(H,40,41). The smallest absolute Gasteiger partial charge is 0.304 e. The Labute approximate surface area is 249 Å². The minimum atomic E-state index is -0.819. The Morgan fingerprint density at radius 3 is 2.76 bits per heavy atom. The molecule has 0 spiro atoms. The Balaban J connectivity index is 1.26. The lowest BCUT2D eigenvalue weighted by atomic mass is 9.88. The van der Waals surface area contributed by atoms with Gasteiger partial charge < -0.3 is 10.4 Å². The van der Waals surface area contributed by atoms with Gasteiger partial charge in [0.15, 0.2) is 0 Å². The first-order valence-electron chi connectivity index (χ1n) is 14.6. The van der Waals surface area contributed by atoms with Crippen molar-refractivity contribution >= 4 is 34.6 Å². The van der Waals surface area contributed by atoms with E-state index in [1.54, 1.807) is 11.9 Å². The number of rotatable bonds is 2. The fourth-order valence-electron chi connectivity index (χ4n) is 6.20. The molecule has 5 aromatic rings. The van der Waals surface area contributed by atoms with E-state index >= 15 is 0 Å². The molecule has 4 heterocycles. The molecule has 42 heavy (non-hydrogen) atoms. The number of benzene rings is 4. The van der Waals surface area contributed by atoms with E-state index in [0.29, 0.717) is 0 Å². The van der Waals surface area contributed by atoms with Crippen LogP contribution in [-0.4, -0.2) is 43.5 Å². The zero-order chi connectivity index (χ0) is 28.5. The van der Waals surface area contributed by atoms with E-state index in [2.05, 4.69) is 74.5 Å². The molecule has 2 N–H and O–H groups in total. The van der Waals surface area contributed by atoms with Crippen LogP contribution in [0.5, 0.6) is 0 Å². The van der Waals surface area contributed by atoms with Crippen molar-refractivity contribution < 1.29 is 9.90 Å². The largest absolute Gasteiger partial charge is 0.481 e. The van der Waals surface area contributed by atoms with Crippen molar-refractivity contribution in [3.8, 4) is 0 Å². The Bertz CT molecular complexity index is 1770. The third-order valence-corrected chi connectivity index (χ3v) is 9.37. The van der Waals surface area contributed by atoms with Crippen molar-refractivity contribution in [1.82, 2.24) is 19.3 Å². The summed E-state index contributed by atoms with van der Waals surface area (Å²) in [7, 11) is 0. The molecular formula is C34H33N5O2S. The molecule has 3 aliphatic rings. The van der Waals surface area contributed by atoms with E-state index in [1.165, 1.54) is 27.9 Å². The molecule has 0 saturated heterocycles. The second kappa shape index (κ2) is 11.6. The summed E-state index contributed by atoms with van der Waals surface area (Å²) in [5.41, 5.74) is 10.3. The summed E-state index contributed by atoms with van der Waals surface area (Å²) in [6.45, 7) is 3.41. The van der Waals surface area contributed by atoms with Gasteiger partial charge in [-0.3, -0.25) is 4.79 Å². The molecule has 9 bridgehead atoms. The molecule has 2 unspecified atom stereocenters. The number of aromatic nitrogens is 3. The third-order valence-electron chi connectivity index (χ3n) is 8.34. The summed E-state index contributed by atoms with van der Waals surface area (Å²) in [4.78, 5) is 13.1.